The summed E-state index contributed by atoms with van der Waals surface area (Å²) in [5, 5.41) is 4.77. The number of thioether (sulfide) groups is 1. The average Bonchev–Trinajstić information content (AvgIpc) is 2.65. The quantitative estimate of drug-likeness (QED) is 0.687. The first kappa shape index (κ1) is 8.92. The van der Waals surface area contributed by atoms with Crippen LogP contribution in [0.3, 0.4) is 0 Å². The smallest absolute Gasteiger partial charge is 0.0465 e. The average molecular weight is 219 g/mol. The molecule has 0 bridgehead atoms. The standard InChI is InChI=1S/C9H11ClS2/c10-9-6-12-5-8(9)3-7-1-2-11-4-7/h1-2,4,8-9H,3,5-6H2. The van der Waals surface area contributed by atoms with Gasteiger partial charge in [0, 0.05) is 11.1 Å². The summed E-state index contributed by atoms with van der Waals surface area (Å²) in [7, 11) is 0. The molecule has 1 saturated heterocycles. The lowest BCUT2D eigenvalue weighted by atomic mass is 10.0. The van der Waals surface area contributed by atoms with Crippen molar-refractivity contribution >= 4 is 34.7 Å². The molecule has 0 nitrogen and oxygen atoms in total. The second-order valence-corrected chi connectivity index (χ2v) is 5.56. The van der Waals surface area contributed by atoms with E-state index in [4.69, 9.17) is 11.6 Å². The Hall–Kier alpha value is 0.340. The summed E-state index contributed by atoms with van der Waals surface area (Å²) < 4.78 is 0. The van der Waals surface area contributed by atoms with Crippen LogP contribution < -0.4 is 0 Å². The predicted molar refractivity (Wildman–Crippen MR) is 58.5 cm³/mol. The van der Waals surface area contributed by atoms with E-state index < -0.39 is 0 Å². The zero-order chi connectivity index (χ0) is 8.39. The second-order valence-electron chi connectivity index (χ2n) is 3.15. The van der Waals surface area contributed by atoms with Gasteiger partial charge in [-0.25, -0.2) is 0 Å². The molecule has 0 aromatic carbocycles. The van der Waals surface area contributed by atoms with Crippen LogP contribution >= 0.6 is 34.7 Å². The number of hydrogen-bond acceptors (Lipinski definition) is 2. The maximum Gasteiger partial charge on any atom is 0.0465 e. The molecule has 2 heterocycles. The van der Waals surface area contributed by atoms with Gasteiger partial charge in [-0.3, -0.25) is 0 Å². The van der Waals surface area contributed by atoms with Crippen molar-refractivity contribution in [2.45, 2.75) is 11.8 Å². The molecule has 2 unspecified atom stereocenters. The summed E-state index contributed by atoms with van der Waals surface area (Å²) in [6, 6.07) is 2.21. The highest BCUT2D eigenvalue weighted by molar-refractivity contribution is 7.99. The van der Waals surface area contributed by atoms with Gasteiger partial charge in [-0.05, 0) is 40.5 Å². The molecule has 12 heavy (non-hydrogen) atoms. The maximum atomic E-state index is 6.18. The molecule has 1 fully saturated rings. The Balaban J connectivity index is 1.95. The van der Waals surface area contributed by atoms with Crippen molar-refractivity contribution in [3.05, 3.63) is 22.4 Å². The molecule has 1 aliphatic heterocycles. The van der Waals surface area contributed by atoms with E-state index in [0.717, 1.165) is 5.75 Å². The molecule has 0 aliphatic carbocycles. The Bertz CT molecular complexity index is 233. The van der Waals surface area contributed by atoms with Crippen molar-refractivity contribution in [1.82, 2.24) is 0 Å². The molecule has 0 saturated carbocycles. The van der Waals surface area contributed by atoms with Crippen molar-refractivity contribution in [3.63, 3.8) is 0 Å². The summed E-state index contributed by atoms with van der Waals surface area (Å²) in [6.07, 6.45) is 1.17. The predicted octanol–water partition coefficient (Wildman–Crippen LogP) is 3.26. The molecule has 2 atom stereocenters. The molecule has 2 rings (SSSR count). The van der Waals surface area contributed by atoms with E-state index >= 15 is 0 Å². The van der Waals surface area contributed by atoms with Crippen LogP contribution in [0.25, 0.3) is 0 Å². The lowest BCUT2D eigenvalue weighted by Gasteiger charge is -2.10. The van der Waals surface area contributed by atoms with Crippen molar-refractivity contribution in [2.75, 3.05) is 11.5 Å². The third-order valence-electron chi connectivity index (χ3n) is 2.20. The van der Waals surface area contributed by atoms with Gasteiger partial charge < -0.3 is 0 Å². The normalized spacial score (nSPS) is 29.4. The molecular weight excluding hydrogens is 208 g/mol. The van der Waals surface area contributed by atoms with E-state index in [1.807, 2.05) is 11.8 Å². The van der Waals surface area contributed by atoms with E-state index in [2.05, 4.69) is 16.8 Å². The van der Waals surface area contributed by atoms with Crippen molar-refractivity contribution in [1.29, 1.82) is 0 Å². The minimum atomic E-state index is 0.398. The fraction of sp³-hybridized carbons (Fsp3) is 0.556. The Morgan fingerprint density at radius 1 is 1.50 bits per heavy atom. The van der Waals surface area contributed by atoms with E-state index in [0.29, 0.717) is 11.3 Å². The first-order valence-electron chi connectivity index (χ1n) is 4.09. The monoisotopic (exact) mass is 218 g/mol. The number of halogens is 1. The van der Waals surface area contributed by atoms with Crippen LogP contribution in [0.15, 0.2) is 16.8 Å². The molecule has 3 heteroatoms. The Kier molecular flexibility index (Phi) is 3.00. The van der Waals surface area contributed by atoms with Crippen molar-refractivity contribution < 1.29 is 0 Å². The molecule has 1 aromatic rings. The van der Waals surface area contributed by atoms with Gasteiger partial charge in [0.25, 0.3) is 0 Å². The van der Waals surface area contributed by atoms with Gasteiger partial charge in [0.2, 0.25) is 0 Å². The van der Waals surface area contributed by atoms with Crippen molar-refractivity contribution in [3.8, 4) is 0 Å². The maximum absolute atomic E-state index is 6.18. The van der Waals surface area contributed by atoms with Crippen LogP contribution in [0.5, 0.6) is 0 Å². The van der Waals surface area contributed by atoms with E-state index in [1.165, 1.54) is 17.7 Å². The highest BCUT2D eigenvalue weighted by Crippen LogP contribution is 2.31. The molecule has 0 radical (unpaired) electrons. The Labute approximate surface area is 86.3 Å². The SMILES string of the molecule is ClC1CSCC1Cc1ccsc1. The minimum absolute atomic E-state index is 0.398. The van der Waals surface area contributed by atoms with Crippen LogP contribution in [0.1, 0.15) is 5.56 Å². The zero-order valence-electron chi connectivity index (χ0n) is 6.70. The summed E-state index contributed by atoms with van der Waals surface area (Å²) in [5.74, 6) is 3.08. The number of thiophene rings is 1. The first-order chi connectivity index (χ1) is 5.86. The van der Waals surface area contributed by atoms with Crippen LogP contribution in [-0.4, -0.2) is 16.9 Å². The lowest BCUT2D eigenvalue weighted by Crippen LogP contribution is -2.14. The third-order valence-corrected chi connectivity index (χ3v) is 4.88. The van der Waals surface area contributed by atoms with Gasteiger partial charge in [-0.2, -0.15) is 23.1 Å². The van der Waals surface area contributed by atoms with Gasteiger partial charge in [-0.15, -0.1) is 11.6 Å². The fourth-order valence-electron chi connectivity index (χ4n) is 1.47. The Morgan fingerprint density at radius 2 is 2.42 bits per heavy atom. The molecule has 0 spiro atoms. The van der Waals surface area contributed by atoms with Gasteiger partial charge >= 0.3 is 0 Å². The van der Waals surface area contributed by atoms with Crippen LogP contribution in [0, 0.1) is 5.92 Å². The molecule has 1 aliphatic rings. The molecule has 1 aromatic heterocycles. The van der Waals surface area contributed by atoms with Gasteiger partial charge in [0.1, 0.15) is 0 Å². The topological polar surface area (TPSA) is 0 Å². The van der Waals surface area contributed by atoms with Gasteiger partial charge in [-0.1, -0.05) is 0 Å². The zero-order valence-corrected chi connectivity index (χ0v) is 9.09. The first-order valence-corrected chi connectivity index (χ1v) is 6.62. The Morgan fingerprint density at radius 3 is 3.00 bits per heavy atom. The summed E-state index contributed by atoms with van der Waals surface area (Å²) >= 11 is 9.94. The highest BCUT2D eigenvalue weighted by Gasteiger charge is 2.25. The van der Waals surface area contributed by atoms with E-state index in [1.54, 1.807) is 11.3 Å². The van der Waals surface area contributed by atoms with Crippen LogP contribution in [0.2, 0.25) is 0 Å². The largest absolute Gasteiger partial charge is 0.160 e. The summed E-state index contributed by atoms with van der Waals surface area (Å²) in [4.78, 5) is 0. The molecule has 66 valence electrons. The lowest BCUT2D eigenvalue weighted by molar-refractivity contribution is 0.604. The van der Waals surface area contributed by atoms with Gasteiger partial charge in [0.05, 0.1) is 0 Å². The van der Waals surface area contributed by atoms with Crippen LogP contribution in [0.4, 0.5) is 0 Å². The number of hydrogen-bond donors (Lipinski definition) is 0. The molecule has 0 N–H and O–H groups in total. The van der Waals surface area contributed by atoms with Crippen molar-refractivity contribution in [2.24, 2.45) is 5.92 Å². The van der Waals surface area contributed by atoms with Gasteiger partial charge in [0.15, 0.2) is 0 Å². The number of alkyl halides is 1. The van der Waals surface area contributed by atoms with E-state index in [9.17, 15) is 0 Å². The molecule has 0 amide bonds. The third kappa shape index (κ3) is 1.98. The van der Waals surface area contributed by atoms with E-state index in [-0.39, 0.29) is 0 Å². The molecular formula is C9H11ClS2. The number of rotatable bonds is 2. The minimum Gasteiger partial charge on any atom is -0.160 e. The van der Waals surface area contributed by atoms with Crippen LogP contribution in [-0.2, 0) is 6.42 Å². The summed E-state index contributed by atoms with van der Waals surface area (Å²) in [5.41, 5.74) is 1.46. The summed E-state index contributed by atoms with van der Waals surface area (Å²) in [6.45, 7) is 0. The highest BCUT2D eigenvalue weighted by atomic mass is 35.5. The second kappa shape index (κ2) is 4.03. The fourth-order valence-corrected chi connectivity index (χ4v) is 3.99.